The third-order valence-corrected chi connectivity index (χ3v) is 5.46. The van der Waals surface area contributed by atoms with E-state index in [1.165, 1.54) is 0 Å². The Balaban J connectivity index is 0.00000385. The SMILES string of the molecule is CCNC(=NCC(c1ccc(C)o1)N1CCOCC1)NCCc1cccc(C(=O)NC)c1.I. The molecule has 3 rings (SSSR count). The van der Waals surface area contributed by atoms with E-state index in [2.05, 4.69) is 27.8 Å². The molecule has 1 atom stereocenters. The number of aryl methyl sites for hydroxylation is 1. The molecule has 33 heavy (non-hydrogen) atoms. The van der Waals surface area contributed by atoms with Gasteiger partial charge in [-0.3, -0.25) is 14.7 Å². The molecule has 1 unspecified atom stereocenters. The summed E-state index contributed by atoms with van der Waals surface area (Å²) in [4.78, 5) is 19.1. The van der Waals surface area contributed by atoms with Gasteiger partial charge >= 0.3 is 0 Å². The minimum Gasteiger partial charge on any atom is -0.465 e. The number of hydrogen-bond donors (Lipinski definition) is 3. The first-order valence-electron chi connectivity index (χ1n) is 11.3. The normalized spacial score (nSPS) is 15.4. The Hall–Kier alpha value is -2.11. The van der Waals surface area contributed by atoms with E-state index in [0.717, 1.165) is 62.3 Å². The lowest BCUT2D eigenvalue weighted by Crippen LogP contribution is -2.42. The average molecular weight is 569 g/mol. The van der Waals surface area contributed by atoms with Gasteiger partial charge in [0.15, 0.2) is 5.96 Å². The van der Waals surface area contributed by atoms with Crippen LogP contribution in [0.3, 0.4) is 0 Å². The van der Waals surface area contributed by atoms with E-state index in [9.17, 15) is 4.79 Å². The van der Waals surface area contributed by atoms with Crippen molar-refractivity contribution in [3.63, 3.8) is 0 Å². The number of amides is 1. The van der Waals surface area contributed by atoms with Crippen molar-refractivity contribution in [2.75, 3.05) is 53.0 Å². The topological polar surface area (TPSA) is 91.1 Å². The molecule has 0 bridgehead atoms. The quantitative estimate of drug-likeness (QED) is 0.245. The highest BCUT2D eigenvalue weighted by Gasteiger charge is 2.25. The molecule has 0 spiro atoms. The van der Waals surface area contributed by atoms with Gasteiger partial charge < -0.3 is 25.1 Å². The number of ether oxygens (including phenoxy) is 1. The minimum atomic E-state index is -0.0722. The van der Waals surface area contributed by atoms with Crippen LogP contribution in [-0.2, 0) is 11.2 Å². The summed E-state index contributed by atoms with van der Waals surface area (Å²) in [6.45, 7) is 9.30. The van der Waals surface area contributed by atoms with Crippen molar-refractivity contribution in [3.8, 4) is 0 Å². The van der Waals surface area contributed by atoms with Crippen LogP contribution < -0.4 is 16.0 Å². The monoisotopic (exact) mass is 569 g/mol. The number of guanidine groups is 1. The van der Waals surface area contributed by atoms with Crippen molar-refractivity contribution in [3.05, 3.63) is 59.0 Å². The van der Waals surface area contributed by atoms with Crippen LogP contribution in [0.25, 0.3) is 0 Å². The van der Waals surface area contributed by atoms with E-state index < -0.39 is 0 Å². The summed E-state index contributed by atoms with van der Waals surface area (Å²) in [6, 6.07) is 11.8. The number of nitrogens with zero attached hydrogens (tertiary/aromatic N) is 2. The Kier molecular flexibility index (Phi) is 11.7. The molecule has 1 aliphatic heterocycles. The number of carbonyl (C=O) groups excluding carboxylic acids is 1. The van der Waals surface area contributed by atoms with E-state index in [1.807, 2.05) is 43.3 Å². The van der Waals surface area contributed by atoms with Crippen LogP contribution in [0.5, 0.6) is 0 Å². The summed E-state index contributed by atoms with van der Waals surface area (Å²) < 4.78 is 11.5. The Morgan fingerprint density at radius 3 is 2.64 bits per heavy atom. The molecule has 1 aliphatic rings. The first kappa shape index (κ1) is 27.1. The molecule has 2 heterocycles. The predicted molar refractivity (Wildman–Crippen MR) is 142 cm³/mol. The zero-order chi connectivity index (χ0) is 22.8. The zero-order valence-electron chi connectivity index (χ0n) is 19.7. The molecule has 1 aromatic carbocycles. The highest BCUT2D eigenvalue weighted by Crippen LogP contribution is 2.24. The molecule has 1 amide bonds. The van der Waals surface area contributed by atoms with E-state index in [0.29, 0.717) is 18.7 Å². The molecular weight excluding hydrogens is 533 g/mol. The summed E-state index contributed by atoms with van der Waals surface area (Å²) in [5, 5.41) is 9.40. The molecule has 0 radical (unpaired) electrons. The summed E-state index contributed by atoms with van der Waals surface area (Å²) in [7, 11) is 1.64. The molecule has 1 saturated heterocycles. The van der Waals surface area contributed by atoms with Crippen LogP contribution in [0.4, 0.5) is 0 Å². The van der Waals surface area contributed by atoms with E-state index >= 15 is 0 Å². The fourth-order valence-electron chi connectivity index (χ4n) is 3.76. The van der Waals surface area contributed by atoms with Crippen LogP contribution >= 0.6 is 24.0 Å². The Bertz CT molecular complexity index is 896. The van der Waals surface area contributed by atoms with E-state index in [4.69, 9.17) is 14.1 Å². The molecule has 1 aromatic heterocycles. The highest BCUT2D eigenvalue weighted by molar-refractivity contribution is 14.0. The van der Waals surface area contributed by atoms with Crippen molar-refractivity contribution < 1.29 is 13.9 Å². The predicted octanol–water partition coefficient (Wildman–Crippen LogP) is 2.74. The van der Waals surface area contributed by atoms with Gasteiger partial charge in [-0.05, 0) is 50.1 Å². The number of morpholine rings is 1. The van der Waals surface area contributed by atoms with Crippen molar-refractivity contribution in [1.82, 2.24) is 20.9 Å². The number of furan rings is 1. The number of nitrogens with one attached hydrogen (secondary N) is 3. The first-order valence-corrected chi connectivity index (χ1v) is 11.3. The summed E-state index contributed by atoms with van der Waals surface area (Å²) in [5.41, 5.74) is 1.78. The Morgan fingerprint density at radius 1 is 1.18 bits per heavy atom. The maximum Gasteiger partial charge on any atom is 0.251 e. The standard InChI is InChI=1S/C24H35N5O3.HI/c1-4-26-24(27-11-10-19-6-5-7-20(16-19)23(30)25-3)28-17-21(22-9-8-18(2)32-22)29-12-14-31-15-13-29;/h5-9,16,21H,4,10-15,17H2,1-3H3,(H,25,30)(H2,26,27,28);1H. The van der Waals surface area contributed by atoms with E-state index in [1.54, 1.807) is 7.05 Å². The molecular formula is C24H36IN5O3. The maximum absolute atomic E-state index is 11.9. The number of halogens is 1. The van der Waals surface area contributed by atoms with Crippen molar-refractivity contribution in [2.45, 2.75) is 26.3 Å². The second-order valence-electron chi connectivity index (χ2n) is 7.79. The molecule has 0 saturated carbocycles. The molecule has 0 aliphatic carbocycles. The largest absolute Gasteiger partial charge is 0.465 e. The number of benzene rings is 1. The molecule has 2 aromatic rings. The lowest BCUT2D eigenvalue weighted by molar-refractivity contribution is 0.0135. The van der Waals surface area contributed by atoms with Crippen molar-refractivity contribution >= 4 is 35.8 Å². The number of aliphatic imine (C=N–C) groups is 1. The zero-order valence-corrected chi connectivity index (χ0v) is 22.1. The van der Waals surface area contributed by atoms with Gasteiger partial charge in [-0.2, -0.15) is 0 Å². The minimum absolute atomic E-state index is 0. The lowest BCUT2D eigenvalue weighted by atomic mass is 10.1. The second-order valence-corrected chi connectivity index (χ2v) is 7.79. The molecule has 9 heteroatoms. The first-order chi connectivity index (χ1) is 15.6. The number of hydrogen-bond acceptors (Lipinski definition) is 5. The van der Waals surface area contributed by atoms with Crippen LogP contribution in [-0.4, -0.2) is 69.8 Å². The fourth-order valence-corrected chi connectivity index (χ4v) is 3.76. The molecule has 3 N–H and O–H groups in total. The Labute approximate surface area is 213 Å². The average Bonchev–Trinajstić information content (AvgIpc) is 3.25. The van der Waals surface area contributed by atoms with Gasteiger partial charge in [-0.1, -0.05) is 12.1 Å². The molecule has 1 fully saturated rings. The summed E-state index contributed by atoms with van der Waals surface area (Å²) in [6.07, 6.45) is 0.791. The van der Waals surface area contributed by atoms with Crippen LogP contribution in [0.1, 0.15) is 40.4 Å². The van der Waals surface area contributed by atoms with E-state index in [-0.39, 0.29) is 35.9 Å². The third kappa shape index (κ3) is 8.31. The summed E-state index contributed by atoms with van der Waals surface area (Å²) in [5.74, 6) is 2.55. The van der Waals surface area contributed by atoms with Gasteiger partial charge in [-0.25, -0.2) is 0 Å². The highest BCUT2D eigenvalue weighted by atomic mass is 127. The van der Waals surface area contributed by atoms with Crippen molar-refractivity contribution in [1.29, 1.82) is 0 Å². The lowest BCUT2D eigenvalue weighted by Gasteiger charge is -2.32. The van der Waals surface area contributed by atoms with Gasteiger partial charge in [0.05, 0.1) is 25.8 Å². The van der Waals surface area contributed by atoms with Crippen LogP contribution in [0.15, 0.2) is 45.8 Å². The van der Waals surface area contributed by atoms with Gasteiger partial charge in [0.2, 0.25) is 0 Å². The smallest absolute Gasteiger partial charge is 0.251 e. The summed E-state index contributed by atoms with van der Waals surface area (Å²) >= 11 is 0. The fraction of sp³-hybridized carbons (Fsp3) is 0.500. The maximum atomic E-state index is 11.9. The Morgan fingerprint density at radius 2 is 1.97 bits per heavy atom. The van der Waals surface area contributed by atoms with Gasteiger partial charge in [0, 0.05) is 38.8 Å². The molecule has 8 nitrogen and oxygen atoms in total. The molecule has 182 valence electrons. The van der Waals surface area contributed by atoms with Gasteiger partial charge in [0.1, 0.15) is 11.5 Å². The van der Waals surface area contributed by atoms with Crippen LogP contribution in [0, 0.1) is 6.92 Å². The number of carbonyl (C=O) groups is 1. The number of rotatable bonds is 9. The van der Waals surface area contributed by atoms with Crippen molar-refractivity contribution in [2.24, 2.45) is 4.99 Å². The van der Waals surface area contributed by atoms with Gasteiger partial charge in [-0.15, -0.1) is 24.0 Å². The van der Waals surface area contributed by atoms with Crippen LogP contribution in [0.2, 0.25) is 0 Å². The second kappa shape index (κ2) is 14.2. The third-order valence-electron chi connectivity index (χ3n) is 5.46. The van der Waals surface area contributed by atoms with Gasteiger partial charge in [0.25, 0.3) is 5.91 Å².